The lowest BCUT2D eigenvalue weighted by molar-refractivity contribution is 0.500. The number of H-pyrrole nitrogens is 1. The summed E-state index contributed by atoms with van der Waals surface area (Å²) in [4.78, 5) is 0. The van der Waals surface area contributed by atoms with E-state index in [9.17, 15) is 12.9 Å². The molecule has 0 amide bonds. The molecule has 1 aromatic heterocycles. The Bertz CT molecular complexity index is 242. The van der Waals surface area contributed by atoms with Crippen LogP contribution in [0, 0.1) is 0 Å². The maximum absolute atomic E-state index is 12.1. The van der Waals surface area contributed by atoms with Crippen molar-refractivity contribution >= 4 is 12.4 Å². The third kappa shape index (κ3) is 1.55. The zero-order valence-electron chi connectivity index (χ0n) is 5.94. The fourth-order valence-electron chi connectivity index (χ4n) is 0.887. The minimum absolute atomic E-state index is 0.164. The topological polar surface area (TPSA) is 28.7 Å². The number of nitrogens with one attached hydrogen (secondary N) is 1. The number of hydrogen-bond acceptors (Lipinski definition) is 1. The molecule has 1 rings (SSSR count). The summed E-state index contributed by atoms with van der Waals surface area (Å²) in [5.41, 5.74) is -0.440. The molecule has 0 unspecified atom stereocenters. The van der Waals surface area contributed by atoms with Crippen LogP contribution < -0.4 is 5.46 Å². The van der Waals surface area contributed by atoms with E-state index < -0.39 is 12.4 Å². The zero-order valence-corrected chi connectivity index (χ0v) is 5.94. The van der Waals surface area contributed by atoms with Crippen molar-refractivity contribution in [2.75, 3.05) is 0 Å². The molecule has 1 N–H and O–H groups in total. The number of hydrogen-bond donors (Lipinski definition) is 1. The van der Waals surface area contributed by atoms with Gasteiger partial charge in [-0.05, 0) is 6.42 Å². The normalized spacial score (nSPS) is 12.0. The summed E-state index contributed by atoms with van der Waals surface area (Å²) in [5.74, 6) is 0. The van der Waals surface area contributed by atoms with Crippen LogP contribution >= 0.6 is 0 Å². The molecule has 0 aliphatic rings. The van der Waals surface area contributed by atoms with Gasteiger partial charge in [0.25, 0.3) is 0 Å². The van der Waals surface area contributed by atoms with Crippen LogP contribution in [0.2, 0.25) is 0 Å². The molecule has 0 spiro atoms. The Morgan fingerprint density at radius 2 is 2.18 bits per heavy atom. The van der Waals surface area contributed by atoms with Gasteiger partial charge in [-0.15, -0.1) is 0 Å². The third-order valence-electron chi connectivity index (χ3n) is 1.46. The predicted octanol–water partition coefficient (Wildman–Crippen LogP) is 1.03. The van der Waals surface area contributed by atoms with E-state index in [0.717, 1.165) is 6.20 Å². The maximum Gasteiger partial charge on any atom is 0.512 e. The molecule has 0 saturated carbocycles. The minimum atomic E-state index is -4.89. The number of halogens is 3. The molecule has 0 atom stereocenters. The predicted molar refractivity (Wildman–Crippen MR) is 36.7 cm³/mol. The standard InChI is InChI=1S/C5H7BF3N2/c1-2-5-4(3-10-11-5)6(7,8)9/h3H,2H2,1H3,(H,10,11)/q-1. The van der Waals surface area contributed by atoms with Gasteiger partial charge >= 0.3 is 6.98 Å². The molecule has 2 nitrogen and oxygen atoms in total. The second-order valence-corrected chi connectivity index (χ2v) is 2.23. The molecule has 6 heteroatoms. The lowest BCUT2D eigenvalue weighted by Gasteiger charge is -2.12. The molecule has 1 heterocycles. The van der Waals surface area contributed by atoms with E-state index in [1.54, 1.807) is 6.92 Å². The summed E-state index contributed by atoms with van der Waals surface area (Å²) in [6.07, 6.45) is 1.16. The highest BCUT2D eigenvalue weighted by molar-refractivity contribution is 6.73. The van der Waals surface area contributed by atoms with E-state index in [1.165, 1.54) is 0 Å². The average Bonchev–Trinajstić information content (AvgIpc) is 2.31. The molecule has 1 aromatic rings. The SMILES string of the molecule is CCc1[nH]ncc1[B-](F)(F)F. The van der Waals surface area contributed by atoms with Gasteiger partial charge in [-0.3, -0.25) is 5.10 Å². The fraction of sp³-hybridized carbons (Fsp3) is 0.400. The zero-order chi connectivity index (χ0) is 8.48. The Labute approximate surface area is 61.9 Å². The average molecular weight is 163 g/mol. The summed E-state index contributed by atoms with van der Waals surface area (Å²) < 4.78 is 36.2. The van der Waals surface area contributed by atoms with Gasteiger partial charge in [0.15, 0.2) is 0 Å². The molecule has 62 valence electrons. The highest BCUT2D eigenvalue weighted by Crippen LogP contribution is 2.10. The second kappa shape index (κ2) is 2.60. The number of aromatic amines is 1. The molecule has 11 heavy (non-hydrogen) atoms. The Kier molecular flexibility index (Phi) is 1.93. The van der Waals surface area contributed by atoms with Gasteiger partial charge in [-0.25, -0.2) is 0 Å². The monoisotopic (exact) mass is 163 g/mol. The first kappa shape index (κ1) is 8.16. The third-order valence-corrected chi connectivity index (χ3v) is 1.46. The smallest absolute Gasteiger partial charge is 0.445 e. The Morgan fingerprint density at radius 3 is 2.55 bits per heavy atom. The summed E-state index contributed by atoms with van der Waals surface area (Å²) >= 11 is 0. The van der Waals surface area contributed by atoms with Gasteiger partial charge < -0.3 is 12.9 Å². The van der Waals surface area contributed by atoms with Crippen molar-refractivity contribution in [3.8, 4) is 0 Å². The lowest BCUT2D eigenvalue weighted by atomic mass is 9.80. The molecule has 0 aliphatic heterocycles. The van der Waals surface area contributed by atoms with Gasteiger partial charge in [0.1, 0.15) is 0 Å². The minimum Gasteiger partial charge on any atom is -0.445 e. The van der Waals surface area contributed by atoms with E-state index in [-0.39, 0.29) is 5.69 Å². The van der Waals surface area contributed by atoms with Crippen molar-refractivity contribution in [1.82, 2.24) is 10.2 Å². The van der Waals surface area contributed by atoms with Crippen LogP contribution in [0.25, 0.3) is 0 Å². The van der Waals surface area contributed by atoms with E-state index in [4.69, 9.17) is 0 Å². The molecule has 0 bridgehead atoms. The van der Waals surface area contributed by atoms with Crippen molar-refractivity contribution in [3.05, 3.63) is 11.9 Å². The molecular formula is C5H7BF3N2-. The molecular weight excluding hydrogens is 156 g/mol. The largest absolute Gasteiger partial charge is 0.512 e. The van der Waals surface area contributed by atoms with Gasteiger partial charge in [-0.1, -0.05) is 12.4 Å². The van der Waals surface area contributed by atoms with Crippen LogP contribution in [0.3, 0.4) is 0 Å². The fourth-order valence-corrected chi connectivity index (χ4v) is 0.887. The van der Waals surface area contributed by atoms with Crippen molar-refractivity contribution in [3.63, 3.8) is 0 Å². The van der Waals surface area contributed by atoms with Crippen LogP contribution in [-0.4, -0.2) is 17.2 Å². The summed E-state index contributed by atoms with van der Waals surface area (Å²) in [6, 6.07) is 0. The van der Waals surface area contributed by atoms with Crippen molar-refractivity contribution < 1.29 is 12.9 Å². The van der Waals surface area contributed by atoms with Crippen molar-refractivity contribution in [2.45, 2.75) is 13.3 Å². The Hall–Kier alpha value is -0.935. The lowest BCUT2D eigenvalue weighted by Crippen LogP contribution is -2.35. The first-order valence-electron chi connectivity index (χ1n) is 3.27. The van der Waals surface area contributed by atoms with Crippen LogP contribution in [0.5, 0.6) is 0 Å². The number of aromatic nitrogens is 2. The Morgan fingerprint density at radius 1 is 1.55 bits per heavy atom. The number of nitrogens with zero attached hydrogens (tertiary/aromatic N) is 1. The van der Waals surface area contributed by atoms with Crippen LogP contribution in [0.1, 0.15) is 12.6 Å². The second-order valence-electron chi connectivity index (χ2n) is 2.23. The van der Waals surface area contributed by atoms with E-state index in [2.05, 4.69) is 10.2 Å². The van der Waals surface area contributed by atoms with Crippen LogP contribution in [0.4, 0.5) is 12.9 Å². The first-order valence-corrected chi connectivity index (χ1v) is 3.27. The number of rotatable bonds is 2. The van der Waals surface area contributed by atoms with Gasteiger partial charge in [0, 0.05) is 11.9 Å². The maximum atomic E-state index is 12.1. The van der Waals surface area contributed by atoms with Crippen LogP contribution in [-0.2, 0) is 6.42 Å². The molecule has 0 radical (unpaired) electrons. The summed E-state index contributed by atoms with van der Waals surface area (Å²) in [6.45, 7) is -3.24. The van der Waals surface area contributed by atoms with E-state index in [1.807, 2.05) is 0 Å². The quantitative estimate of drug-likeness (QED) is 0.647. The molecule has 0 aromatic carbocycles. The number of aryl methyl sites for hydroxylation is 1. The summed E-state index contributed by atoms with van der Waals surface area (Å²) in [7, 11) is 0. The Balaban J connectivity index is 3.02. The van der Waals surface area contributed by atoms with Crippen molar-refractivity contribution in [1.29, 1.82) is 0 Å². The first-order chi connectivity index (χ1) is 5.05. The van der Waals surface area contributed by atoms with Gasteiger partial charge in [0.05, 0.1) is 0 Å². The molecule has 0 fully saturated rings. The van der Waals surface area contributed by atoms with Crippen LogP contribution in [0.15, 0.2) is 6.20 Å². The summed E-state index contributed by atoms with van der Waals surface area (Å²) in [5, 5.41) is 5.64. The molecule has 0 saturated heterocycles. The van der Waals surface area contributed by atoms with Crippen molar-refractivity contribution in [2.24, 2.45) is 0 Å². The highest BCUT2D eigenvalue weighted by atomic mass is 19.4. The van der Waals surface area contributed by atoms with Gasteiger partial charge in [-0.2, -0.15) is 5.10 Å². The van der Waals surface area contributed by atoms with Gasteiger partial charge in [0.2, 0.25) is 0 Å². The highest BCUT2D eigenvalue weighted by Gasteiger charge is 2.28. The van der Waals surface area contributed by atoms with E-state index >= 15 is 0 Å². The van der Waals surface area contributed by atoms with E-state index in [0.29, 0.717) is 6.42 Å². The molecule has 0 aliphatic carbocycles.